The molecule has 2 aromatic rings. The molecule has 0 saturated heterocycles. The van der Waals surface area contributed by atoms with Crippen molar-refractivity contribution in [1.29, 1.82) is 0 Å². The maximum Gasteiger partial charge on any atom is 0.269 e. The van der Waals surface area contributed by atoms with Gasteiger partial charge in [-0.05, 0) is 42.3 Å². The number of benzene rings is 2. The maximum atomic E-state index is 10.5. The zero-order valence-corrected chi connectivity index (χ0v) is 9.70. The SMILES string of the molecule is [CH2]c1ccc(OCc2ccc([N+](=O)[O-])cc2)cc1. The molecule has 1 radical (unpaired) electrons. The molecule has 0 spiro atoms. The Labute approximate surface area is 105 Å². The van der Waals surface area contributed by atoms with Gasteiger partial charge in [-0.15, -0.1) is 0 Å². The van der Waals surface area contributed by atoms with E-state index in [2.05, 4.69) is 6.92 Å². The fourth-order valence-electron chi connectivity index (χ4n) is 1.47. The van der Waals surface area contributed by atoms with Gasteiger partial charge < -0.3 is 4.74 Å². The summed E-state index contributed by atoms with van der Waals surface area (Å²) in [6.45, 7) is 4.17. The molecule has 0 atom stereocenters. The van der Waals surface area contributed by atoms with Gasteiger partial charge in [0.1, 0.15) is 12.4 Å². The van der Waals surface area contributed by atoms with Crippen molar-refractivity contribution in [2.75, 3.05) is 0 Å². The lowest BCUT2D eigenvalue weighted by molar-refractivity contribution is -0.384. The summed E-state index contributed by atoms with van der Waals surface area (Å²) in [7, 11) is 0. The number of hydrogen-bond acceptors (Lipinski definition) is 3. The van der Waals surface area contributed by atoms with Crippen molar-refractivity contribution in [3.8, 4) is 5.75 Å². The lowest BCUT2D eigenvalue weighted by Crippen LogP contribution is -1.96. The van der Waals surface area contributed by atoms with Crippen molar-refractivity contribution in [3.63, 3.8) is 0 Å². The normalized spacial score (nSPS) is 10.1. The second-order valence-electron chi connectivity index (χ2n) is 3.86. The van der Waals surface area contributed by atoms with E-state index in [9.17, 15) is 10.1 Å². The van der Waals surface area contributed by atoms with Gasteiger partial charge in [0.25, 0.3) is 5.69 Å². The number of non-ortho nitro benzene ring substituents is 1. The monoisotopic (exact) mass is 242 g/mol. The highest BCUT2D eigenvalue weighted by Gasteiger charge is 2.04. The Morgan fingerprint density at radius 3 is 2.22 bits per heavy atom. The lowest BCUT2D eigenvalue weighted by atomic mass is 10.2. The van der Waals surface area contributed by atoms with Crippen LogP contribution in [0.3, 0.4) is 0 Å². The minimum absolute atomic E-state index is 0.0835. The van der Waals surface area contributed by atoms with Crippen molar-refractivity contribution in [2.45, 2.75) is 6.61 Å². The Balaban J connectivity index is 1.97. The summed E-state index contributed by atoms with van der Waals surface area (Å²) in [6.07, 6.45) is 0. The van der Waals surface area contributed by atoms with Crippen LogP contribution < -0.4 is 4.74 Å². The van der Waals surface area contributed by atoms with E-state index in [0.29, 0.717) is 6.61 Å². The van der Waals surface area contributed by atoms with Gasteiger partial charge in [0.05, 0.1) is 4.92 Å². The molecule has 0 aliphatic rings. The fraction of sp³-hybridized carbons (Fsp3) is 0.0714. The number of hydrogen-bond donors (Lipinski definition) is 0. The van der Waals surface area contributed by atoms with Crippen molar-refractivity contribution >= 4 is 5.69 Å². The minimum Gasteiger partial charge on any atom is -0.489 e. The highest BCUT2D eigenvalue weighted by atomic mass is 16.6. The van der Waals surface area contributed by atoms with Crippen LogP contribution in [0.1, 0.15) is 11.1 Å². The van der Waals surface area contributed by atoms with Crippen LogP contribution in [0.5, 0.6) is 5.75 Å². The van der Waals surface area contributed by atoms with Gasteiger partial charge in [0, 0.05) is 12.1 Å². The third kappa shape index (κ3) is 3.07. The summed E-state index contributed by atoms with van der Waals surface area (Å²) in [4.78, 5) is 10.1. The van der Waals surface area contributed by atoms with E-state index >= 15 is 0 Å². The molecule has 0 saturated carbocycles. The van der Waals surface area contributed by atoms with Crippen LogP contribution in [0, 0.1) is 17.0 Å². The molecule has 2 aromatic carbocycles. The van der Waals surface area contributed by atoms with Crippen LogP contribution in [0.4, 0.5) is 5.69 Å². The summed E-state index contributed by atoms with van der Waals surface area (Å²) < 4.78 is 5.55. The number of rotatable bonds is 4. The summed E-state index contributed by atoms with van der Waals surface area (Å²) in [5, 5.41) is 10.5. The molecule has 4 heteroatoms. The van der Waals surface area contributed by atoms with E-state index in [1.54, 1.807) is 12.1 Å². The number of nitro groups is 1. The van der Waals surface area contributed by atoms with E-state index < -0.39 is 4.92 Å². The third-order valence-electron chi connectivity index (χ3n) is 2.48. The first-order chi connectivity index (χ1) is 8.65. The molecule has 91 valence electrons. The molecule has 0 aliphatic heterocycles. The molecule has 0 heterocycles. The molecule has 0 bridgehead atoms. The number of ether oxygens (including phenoxy) is 1. The zero-order chi connectivity index (χ0) is 13.0. The Kier molecular flexibility index (Phi) is 3.57. The van der Waals surface area contributed by atoms with Gasteiger partial charge >= 0.3 is 0 Å². The molecule has 0 aliphatic carbocycles. The molecule has 0 fully saturated rings. The molecular weight excluding hydrogens is 230 g/mol. The summed E-state index contributed by atoms with van der Waals surface area (Å²) >= 11 is 0. The molecule has 0 amide bonds. The lowest BCUT2D eigenvalue weighted by Gasteiger charge is -2.06. The predicted molar refractivity (Wildman–Crippen MR) is 68.3 cm³/mol. The van der Waals surface area contributed by atoms with Crippen LogP contribution in [0.25, 0.3) is 0 Å². The average molecular weight is 242 g/mol. The third-order valence-corrected chi connectivity index (χ3v) is 2.48. The van der Waals surface area contributed by atoms with Crippen LogP contribution in [-0.4, -0.2) is 4.92 Å². The summed E-state index contributed by atoms with van der Waals surface area (Å²) in [5.41, 5.74) is 1.90. The molecule has 2 rings (SSSR count). The summed E-state index contributed by atoms with van der Waals surface area (Å²) in [6, 6.07) is 13.7. The zero-order valence-electron chi connectivity index (χ0n) is 9.70. The Morgan fingerprint density at radius 2 is 1.67 bits per heavy atom. The molecule has 0 unspecified atom stereocenters. The molecule has 0 N–H and O–H groups in total. The van der Waals surface area contributed by atoms with Gasteiger partial charge in [-0.2, -0.15) is 0 Å². The van der Waals surface area contributed by atoms with Crippen molar-refractivity contribution in [3.05, 3.63) is 76.7 Å². The molecule has 18 heavy (non-hydrogen) atoms. The van der Waals surface area contributed by atoms with Gasteiger partial charge in [0.2, 0.25) is 0 Å². The van der Waals surface area contributed by atoms with E-state index in [1.165, 1.54) is 12.1 Å². The maximum absolute atomic E-state index is 10.5. The Hall–Kier alpha value is -2.36. The largest absolute Gasteiger partial charge is 0.489 e. The van der Waals surface area contributed by atoms with E-state index in [4.69, 9.17) is 4.74 Å². The van der Waals surface area contributed by atoms with Gasteiger partial charge in [0.15, 0.2) is 0 Å². The van der Waals surface area contributed by atoms with Crippen LogP contribution >= 0.6 is 0 Å². The molecule has 0 aromatic heterocycles. The smallest absolute Gasteiger partial charge is 0.269 e. The van der Waals surface area contributed by atoms with Crippen molar-refractivity contribution in [2.24, 2.45) is 0 Å². The first kappa shape index (κ1) is 12.1. The van der Waals surface area contributed by atoms with Gasteiger partial charge in [-0.3, -0.25) is 10.1 Å². The van der Waals surface area contributed by atoms with Gasteiger partial charge in [-0.1, -0.05) is 12.1 Å². The standard InChI is InChI=1S/C14H12NO3/c1-11-2-8-14(9-3-11)18-10-12-4-6-13(7-5-12)15(16)17/h2-9H,1,10H2. The van der Waals surface area contributed by atoms with Crippen LogP contribution in [0.15, 0.2) is 48.5 Å². The fourth-order valence-corrected chi connectivity index (χ4v) is 1.47. The van der Waals surface area contributed by atoms with Gasteiger partial charge in [-0.25, -0.2) is 0 Å². The second kappa shape index (κ2) is 5.31. The topological polar surface area (TPSA) is 52.4 Å². The minimum atomic E-state index is -0.419. The first-order valence-electron chi connectivity index (χ1n) is 5.43. The van der Waals surface area contributed by atoms with E-state index in [-0.39, 0.29) is 5.69 Å². The average Bonchev–Trinajstić information content (AvgIpc) is 2.38. The highest BCUT2D eigenvalue weighted by molar-refractivity contribution is 5.33. The number of nitro benzene ring substituents is 1. The second-order valence-corrected chi connectivity index (χ2v) is 3.86. The van der Waals surface area contributed by atoms with Crippen molar-refractivity contribution < 1.29 is 9.66 Å². The predicted octanol–water partition coefficient (Wildman–Crippen LogP) is 3.36. The Morgan fingerprint density at radius 1 is 1.06 bits per heavy atom. The van der Waals surface area contributed by atoms with Crippen LogP contribution in [0.2, 0.25) is 0 Å². The highest BCUT2D eigenvalue weighted by Crippen LogP contribution is 2.16. The number of nitrogens with zero attached hydrogens (tertiary/aromatic N) is 1. The van der Waals surface area contributed by atoms with Crippen LogP contribution in [-0.2, 0) is 6.61 Å². The molecular formula is C14H12NO3. The Bertz CT molecular complexity index is 532. The van der Waals surface area contributed by atoms with E-state index in [1.807, 2.05) is 24.3 Å². The van der Waals surface area contributed by atoms with Crippen molar-refractivity contribution in [1.82, 2.24) is 0 Å². The molecule has 4 nitrogen and oxygen atoms in total. The quantitative estimate of drug-likeness (QED) is 0.610. The van der Waals surface area contributed by atoms with E-state index in [0.717, 1.165) is 16.9 Å². The summed E-state index contributed by atoms with van der Waals surface area (Å²) in [5.74, 6) is 0.751. The first-order valence-corrected chi connectivity index (χ1v) is 5.43.